The lowest BCUT2D eigenvalue weighted by atomic mass is 9.99. The van der Waals surface area contributed by atoms with Crippen LogP contribution in [0, 0.1) is 0 Å². The maximum Gasteiger partial charge on any atom is 0.243 e. The molecule has 0 aliphatic carbocycles. The van der Waals surface area contributed by atoms with Crippen molar-refractivity contribution >= 4 is 20.0 Å². The summed E-state index contributed by atoms with van der Waals surface area (Å²) in [6.07, 6.45) is 3.46. The maximum atomic E-state index is 13.5. The van der Waals surface area contributed by atoms with Crippen molar-refractivity contribution in [1.29, 1.82) is 0 Å². The molecule has 0 amide bonds. The third-order valence-electron chi connectivity index (χ3n) is 6.85. The van der Waals surface area contributed by atoms with Crippen molar-refractivity contribution in [2.75, 3.05) is 40.4 Å². The highest BCUT2D eigenvalue weighted by Crippen LogP contribution is 2.33. The van der Waals surface area contributed by atoms with Crippen LogP contribution in [0.4, 0.5) is 0 Å². The average Bonchev–Trinajstić information content (AvgIpc) is 2.83. The fraction of sp³-hybridized carbons (Fsp3) is 0.727. The third-order valence-corrected chi connectivity index (χ3v) is 10.7. The second kappa shape index (κ2) is 10.5. The van der Waals surface area contributed by atoms with Crippen LogP contribution in [0.3, 0.4) is 0 Å². The highest BCUT2D eigenvalue weighted by molar-refractivity contribution is 7.89. The van der Waals surface area contributed by atoms with Crippen LogP contribution in [-0.4, -0.2) is 78.1 Å². The number of ether oxygens (including phenoxy) is 2. The van der Waals surface area contributed by atoms with E-state index in [1.165, 1.54) is 20.7 Å². The lowest BCUT2D eigenvalue weighted by Crippen LogP contribution is -2.41. The zero-order valence-corrected chi connectivity index (χ0v) is 21.1. The fourth-order valence-electron chi connectivity index (χ4n) is 4.43. The van der Waals surface area contributed by atoms with E-state index in [2.05, 4.69) is 0 Å². The van der Waals surface area contributed by atoms with E-state index < -0.39 is 20.0 Å². The minimum absolute atomic E-state index is 0.0743. The van der Waals surface area contributed by atoms with Crippen LogP contribution < -0.4 is 0 Å². The number of sulfonamides is 2. The van der Waals surface area contributed by atoms with E-state index >= 15 is 0 Å². The van der Waals surface area contributed by atoms with Crippen molar-refractivity contribution in [2.45, 2.75) is 73.9 Å². The molecule has 0 spiro atoms. The molecule has 2 fully saturated rings. The van der Waals surface area contributed by atoms with Crippen molar-refractivity contribution < 1.29 is 26.3 Å². The predicted octanol–water partition coefficient (Wildman–Crippen LogP) is 2.80. The molecule has 1 aromatic carbocycles. The smallest absolute Gasteiger partial charge is 0.243 e. The van der Waals surface area contributed by atoms with E-state index in [0.717, 1.165) is 0 Å². The number of rotatable bonds is 8. The highest BCUT2D eigenvalue weighted by Gasteiger charge is 2.34. The number of methoxy groups -OCH3 is 2. The molecule has 1 atom stereocenters. The molecule has 2 heterocycles. The highest BCUT2D eigenvalue weighted by atomic mass is 32.2. The summed E-state index contributed by atoms with van der Waals surface area (Å²) >= 11 is 0. The second-order valence-corrected chi connectivity index (χ2v) is 12.5. The van der Waals surface area contributed by atoms with Gasteiger partial charge in [-0.05, 0) is 61.8 Å². The first-order valence-electron chi connectivity index (χ1n) is 11.3. The Balaban J connectivity index is 1.93. The van der Waals surface area contributed by atoms with Gasteiger partial charge in [-0.1, -0.05) is 13.8 Å². The Hall–Kier alpha value is -1.04. The van der Waals surface area contributed by atoms with Crippen molar-refractivity contribution in [3.63, 3.8) is 0 Å². The largest absolute Gasteiger partial charge is 0.381 e. The molecule has 0 saturated carbocycles. The Bertz CT molecular complexity index is 980. The van der Waals surface area contributed by atoms with E-state index in [4.69, 9.17) is 9.47 Å². The van der Waals surface area contributed by atoms with Gasteiger partial charge in [0, 0.05) is 40.4 Å². The zero-order chi connectivity index (χ0) is 23.5. The van der Waals surface area contributed by atoms with Gasteiger partial charge in [-0.3, -0.25) is 0 Å². The topological polar surface area (TPSA) is 93.2 Å². The molecule has 2 aliphatic rings. The van der Waals surface area contributed by atoms with Gasteiger partial charge in [0.05, 0.1) is 22.0 Å². The molecule has 3 rings (SSSR count). The van der Waals surface area contributed by atoms with Gasteiger partial charge in [0.25, 0.3) is 0 Å². The lowest BCUT2D eigenvalue weighted by molar-refractivity contribution is 0.0602. The van der Waals surface area contributed by atoms with Gasteiger partial charge < -0.3 is 9.47 Å². The summed E-state index contributed by atoms with van der Waals surface area (Å²) in [5.74, 6) is -0.0920. The molecule has 8 nitrogen and oxygen atoms in total. The number of hydrogen-bond acceptors (Lipinski definition) is 6. The van der Waals surface area contributed by atoms with Gasteiger partial charge in [0.1, 0.15) is 0 Å². The molecular weight excluding hydrogens is 452 g/mol. The van der Waals surface area contributed by atoms with Crippen LogP contribution in [-0.2, 0) is 29.5 Å². The van der Waals surface area contributed by atoms with Gasteiger partial charge in [-0.15, -0.1) is 0 Å². The standard InChI is InChI=1S/C22H36N2O6S2/c1-5-17(2)21-16-20(31(25,26)23-12-8-18(29-3)9-13-23)6-7-22(21)32(27,28)24-14-10-19(30-4)11-15-24/h6-7,16-19H,5,8-15H2,1-4H3. The summed E-state index contributed by atoms with van der Waals surface area (Å²) < 4.78 is 67.2. The van der Waals surface area contributed by atoms with E-state index in [1.807, 2.05) is 13.8 Å². The SMILES string of the molecule is CCC(C)c1cc(S(=O)(=O)N2CCC(OC)CC2)ccc1S(=O)(=O)N1CCC(OC)CC1. The molecule has 0 radical (unpaired) electrons. The molecule has 0 N–H and O–H groups in total. The Morgan fingerprint density at radius 2 is 1.34 bits per heavy atom. The Labute approximate surface area is 193 Å². The quantitative estimate of drug-likeness (QED) is 0.559. The Morgan fingerprint density at radius 1 is 0.875 bits per heavy atom. The molecule has 2 aliphatic heterocycles. The van der Waals surface area contributed by atoms with E-state index in [-0.39, 0.29) is 27.9 Å². The predicted molar refractivity (Wildman–Crippen MR) is 123 cm³/mol. The zero-order valence-electron chi connectivity index (χ0n) is 19.5. The Kier molecular flexibility index (Phi) is 8.38. The molecule has 2 saturated heterocycles. The van der Waals surface area contributed by atoms with Gasteiger partial charge >= 0.3 is 0 Å². The number of nitrogens with zero attached hydrogens (tertiary/aromatic N) is 2. The van der Waals surface area contributed by atoms with Crippen molar-refractivity contribution in [1.82, 2.24) is 8.61 Å². The van der Waals surface area contributed by atoms with Crippen molar-refractivity contribution in [3.05, 3.63) is 23.8 Å². The first-order valence-corrected chi connectivity index (χ1v) is 14.2. The number of piperidine rings is 2. The summed E-state index contributed by atoms with van der Waals surface area (Å²) in [5.41, 5.74) is 0.564. The van der Waals surface area contributed by atoms with Crippen molar-refractivity contribution in [2.24, 2.45) is 0 Å². The maximum absolute atomic E-state index is 13.5. The summed E-state index contributed by atoms with van der Waals surface area (Å²) in [4.78, 5) is 0.362. The summed E-state index contributed by atoms with van der Waals surface area (Å²) in [7, 11) is -4.14. The van der Waals surface area contributed by atoms with Crippen LogP contribution in [0.25, 0.3) is 0 Å². The van der Waals surface area contributed by atoms with E-state index in [0.29, 0.717) is 63.8 Å². The minimum atomic E-state index is -3.72. The molecule has 32 heavy (non-hydrogen) atoms. The monoisotopic (exact) mass is 488 g/mol. The van der Waals surface area contributed by atoms with Gasteiger partial charge in [-0.25, -0.2) is 16.8 Å². The molecule has 182 valence electrons. The first-order chi connectivity index (χ1) is 15.1. The van der Waals surface area contributed by atoms with E-state index in [1.54, 1.807) is 20.3 Å². The molecule has 1 aromatic rings. The van der Waals surface area contributed by atoms with Crippen LogP contribution in [0.1, 0.15) is 57.4 Å². The summed E-state index contributed by atoms with van der Waals surface area (Å²) in [6.45, 7) is 5.50. The van der Waals surface area contributed by atoms with Crippen LogP contribution in [0.2, 0.25) is 0 Å². The van der Waals surface area contributed by atoms with Crippen LogP contribution in [0.15, 0.2) is 28.0 Å². The lowest BCUT2D eigenvalue weighted by Gasteiger charge is -2.32. The normalized spacial score (nSPS) is 21.6. The van der Waals surface area contributed by atoms with Crippen LogP contribution in [0.5, 0.6) is 0 Å². The molecule has 0 aromatic heterocycles. The summed E-state index contributed by atoms with van der Waals surface area (Å²) in [5, 5.41) is 0. The van der Waals surface area contributed by atoms with Gasteiger partial charge in [-0.2, -0.15) is 8.61 Å². The summed E-state index contributed by atoms with van der Waals surface area (Å²) in [6, 6.07) is 4.49. The average molecular weight is 489 g/mol. The first kappa shape index (κ1) is 25.6. The molecule has 0 bridgehead atoms. The molecule has 1 unspecified atom stereocenters. The fourth-order valence-corrected chi connectivity index (χ4v) is 7.70. The van der Waals surface area contributed by atoms with E-state index in [9.17, 15) is 16.8 Å². The number of hydrogen-bond donors (Lipinski definition) is 0. The van der Waals surface area contributed by atoms with Crippen molar-refractivity contribution in [3.8, 4) is 0 Å². The minimum Gasteiger partial charge on any atom is -0.381 e. The van der Waals surface area contributed by atoms with Gasteiger partial charge in [0.2, 0.25) is 20.0 Å². The molecule has 10 heteroatoms. The van der Waals surface area contributed by atoms with Gasteiger partial charge in [0.15, 0.2) is 0 Å². The molecular formula is C22H36N2O6S2. The number of benzene rings is 1. The Morgan fingerprint density at radius 3 is 1.78 bits per heavy atom. The van der Waals surface area contributed by atoms with Crippen LogP contribution >= 0.6 is 0 Å². The third kappa shape index (κ3) is 5.20. The second-order valence-electron chi connectivity index (χ2n) is 8.69.